The van der Waals surface area contributed by atoms with Gasteiger partial charge in [0.1, 0.15) is 6.33 Å². The lowest BCUT2D eigenvalue weighted by molar-refractivity contribution is -0.383. The highest BCUT2D eigenvalue weighted by Gasteiger charge is 2.27. The van der Waals surface area contributed by atoms with Crippen molar-refractivity contribution < 1.29 is 9.72 Å². The highest BCUT2D eigenvalue weighted by atomic mass is 16.6. The summed E-state index contributed by atoms with van der Waals surface area (Å²) in [6, 6.07) is 18.6. The summed E-state index contributed by atoms with van der Waals surface area (Å²) in [5.74, 6) is -0.938. The van der Waals surface area contributed by atoms with Crippen molar-refractivity contribution in [1.82, 2.24) is 15.4 Å². The number of amides is 1. The molecule has 0 bridgehead atoms. The molecule has 1 amide bonds. The fraction of sp³-hybridized carbons (Fsp3) is 0.150. The minimum atomic E-state index is -0.598. The molecule has 0 radical (unpaired) electrons. The summed E-state index contributed by atoms with van der Waals surface area (Å²) in [6.45, 7) is 0. The zero-order valence-corrected chi connectivity index (χ0v) is 15.9. The predicted molar refractivity (Wildman–Crippen MR) is 110 cm³/mol. The van der Waals surface area contributed by atoms with Crippen LogP contribution >= 0.6 is 0 Å². The van der Waals surface area contributed by atoms with Crippen molar-refractivity contribution in [3.05, 3.63) is 88.2 Å². The van der Waals surface area contributed by atoms with Crippen molar-refractivity contribution in [2.45, 2.75) is 5.92 Å². The maximum absolute atomic E-state index is 13.0. The van der Waals surface area contributed by atoms with E-state index in [9.17, 15) is 14.9 Å². The summed E-state index contributed by atoms with van der Waals surface area (Å²) < 4.78 is 0. The van der Waals surface area contributed by atoms with Gasteiger partial charge in [-0.25, -0.2) is 9.97 Å². The Balaban J connectivity index is 1.89. The van der Waals surface area contributed by atoms with Crippen LogP contribution < -0.4 is 15.8 Å². The third-order valence-electron chi connectivity index (χ3n) is 4.24. The average molecular weight is 392 g/mol. The van der Waals surface area contributed by atoms with Crippen molar-refractivity contribution in [2.75, 3.05) is 24.4 Å². The molecular weight excluding hydrogens is 372 g/mol. The van der Waals surface area contributed by atoms with E-state index in [1.54, 1.807) is 14.1 Å². The molecule has 9 nitrogen and oxygen atoms in total. The maximum Gasteiger partial charge on any atom is 0.355 e. The highest BCUT2D eigenvalue weighted by Crippen LogP contribution is 2.30. The minimum Gasteiger partial charge on any atom is -0.357 e. The smallest absolute Gasteiger partial charge is 0.355 e. The molecule has 9 heteroatoms. The van der Waals surface area contributed by atoms with Crippen LogP contribution in [0.15, 0.2) is 67.0 Å². The third kappa shape index (κ3) is 4.46. The second-order valence-corrected chi connectivity index (χ2v) is 6.41. The van der Waals surface area contributed by atoms with E-state index >= 15 is 0 Å². The summed E-state index contributed by atoms with van der Waals surface area (Å²) in [7, 11) is 3.27. The quantitative estimate of drug-likeness (QED) is 0.469. The molecular formula is C20H20N6O3. The number of nitrogens with zero attached hydrogens (tertiary/aromatic N) is 4. The topological polar surface area (TPSA) is 113 Å². The van der Waals surface area contributed by atoms with E-state index in [0.29, 0.717) is 0 Å². The van der Waals surface area contributed by atoms with Gasteiger partial charge in [-0.2, -0.15) is 0 Å². The molecule has 3 rings (SSSR count). The van der Waals surface area contributed by atoms with Gasteiger partial charge in [-0.3, -0.25) is 25.8 Å². The molecule has 29 heavy (non-hydrogen) atoms. The Kier molecular flexibility index (Phi) is 5.98. The zero-order valence-electron chi connectivity index (χ0n) is 15.9. The number of benzene rings is 2. The number of rotatable bonds is 7. The first-order chi connectivity index (χ1) is 14.0. The lowest BCUT2D eigenvalue weighted by Gasteiger charge is -2.19. The Labute approximate surface area is 167 Å². The van der Waals surface area contributed by atoms with Gasteiger partial charge < -0.3 is 4.90 Å². The second-order valence-electron chi connectivity index (χ2n) is 6.41. The molecule has 1 heterocycles. The van der Waals surface area contributed by atoms with E-state index < -0.39 is 10.8 Å². The first kappa shape index (κ1) is 19.7. The lowest BCUT2D eigenvalue weighted by atomic mass is 9.91. The van der Waals surface area contributed by atoms with Gasteiger partial charge in [-0.15, -0.1) is 0 Å². The number of carbonyl (C=O) groups is 1. The first-order valence-electron chi connectivity index (χ1n) is 8.81. The van der Waals surface area contributed by atoms with E-state index in [-0.39, 0.29) is 23.2 Å². The molecule has 2 aromatic carbocycles. The van der Waals surface area contributed by atoms with Gasteiger partial charge in [-0.05, 0) is 11.1 Å². The number of hydrogen-bond donors (Lipinski definition) is 2. The zero-order chi connectivity index (χ0) is 20.8. The van der Waals surface area contributed by atoms with Crippen LogP contribution in [0.25, 0.3) is 0 Å². The van der Waals surface area contributed by atoms with E-state index in [4.69, 9.17) is 0 Å². The van der Waals surface area contributed by atoms with Crippen molar-refractivity contribution >= 4 is 23.2 Å². The third-order valence-corrected chi connectivity index (χ3v) is 4.24. The van der Waals surface area contributed by atoms with Crippen LogP contribution in [0.1, 0.15) is 17.0 Å². The van der Waals surface area contributed by atoms with Crippen LogP contribution in [0, 0.1) is 10.1 Å². The number of aromatic nitrogens is 2. The van der Waals surface area contributed by atoms with Crippen LogP contribution in [0.4, 0.5) is 17.3 Å². The molecule has 0 spiro atoms. The Hall–Kier alpha value is -4.01. The van der Waals surface area contributed by atoms with E-state index in [1.807, 2.05) is 60.7 Å². The van der Waals surface area contributed by atoms with Gasteiger partial charge in [-0.1, -0.05) is 60.7 Å². The first-order valence-corrected chi connectivity index (χ1v) is 8.81. The summed E-state index contributed by atoms with van der Waals surface area (Å²) in [5, 5.41) is 11.5. The predicted octanol–water partition coefficient (Wildman–Crippen LogP) is 2.73. The molecule has 0 aliphatic rings. The summed E-state index contributed by atoms with van der Waals surface area (Å²) in [6.07, 6.45) is 1.20. The van der Waals surface area contributed by atoms with Gasteiger partial charge >= 0.3 is 5.69 Å². The highest BCUT2D eigenvalue weighted by molar-refractivity contribution is 5.88. The standard InChI is InChI=1S/C20H20N6O3/c1-25(2)19-17(26(28)29)18(21-13-22-19)23-24-20(27)16(14-9-5-3-6-10-14)15-11-7-4-8-12-15/h3-13,16H,1-2H3,(H,24,27)(H,21,22,23). The van der Waals surface area contributed by atoms with E-state index in [0.717, 1.165) is 11.1 Å². The van der Waals surface area contributed by atoms with Gasteiger partial charge in [0.05, 0.1) is 10.8 Å². The fourth-order valence-corrected chi connectivity index (χ4v) is 2.94. The van der Waals surface area contributed by atoms with Gasteiger partial charge in [0.15, 0.2) is 0 Å². The van der Waals surface area contributed by atoms with Crippen molar-refractivity contribution in [3.8, 4) is 0 Å². The van der Waals surface area contributed by atoms with Gasteiger partial charge in [0, 0.05) is 14.1 Å². The van der Waals surface area contributed by atoms with Crippen LogP contribution in [-0.2, 0) is 4.79 Å². The number of hydrogen-bond acceptors (Lipinski definition) is 7. The van der Waals surface area contributed by atoms with E-state index in [2.05, 4.69) is 20.8 Å². The largest absolute Gasteiger partial charge is 0.357 e. The Morgan fingerprint density at radius 2 is 1.55 bits per heavy atom. The van der Waals surface area contributed by atoms with Gasteiger partial charge in [0.25, 0.3) is 0 Å². The van der Waals surface area contributed by atoms with Crippen LogP contribution in [0.3, 0.4) is 0 Å². The van der Waals surface area contributed by atoms with Crippen LogP contribution in [0.5, 0.6) is 0 Å². The summed E-state index contributed by atoms with van der Waals surface area (Å²) in [4.78, 5) is 33.3. The Morgan fingerprint density at radius 1 is 1.00 bits per heavy atom. The lowest BCUT2D eigenvalue weighted by Crippen LogP contribution is -2.35. The number of nitro groups is 1. The Bertz CT molecular complexity index is 956. The van der Waals surface area contributed by atoms with Crippen molar-refractivity contribution in [3.63, 3.8) is 0 Å². The number of carbonyl (C=O) groups excluding carboxylic acids is 1. The SMILES string of the molecule is CN(C)c1ncnc(NNC(=O)C(c2ccccc2)c2ccccc2)c1[N+](=O)[O-]. The summed E-state index contributed by atoms with van der Waals surface area (Å²) >= 11 is 0. The van der Waals surface area contributed by atoms with Crippen molar-refractivity contribution in [1.29, 1.82) is 0 Å². The number of anilines is 2. The van der Waals surface area contributed by atoms with Crippen LogP contribution in [0.2, 0.25) is 0 Å². The molecule has 0 saturated heterocycles. The molecule has 0 fully saturated rings. The average Bonchev–Trinajstić information content (AvgIpc) is 2.73. The molecule has 0 aliphatic carbocycles. The molecule has 0 unspecified atom stereocenters. The van der Waals surface area contributed by atoms with E-state index in [1.165, 1.54) is 11.2 Å². The molecule has 3 aromatic rings. The Morgan fingerprint density at radius 3 is 2.03 bits per heavy atom. The maximum atomic E-state index is 13.0. The van der Waals surface area contributed by atoms with Gasteiger partial charge in [0.2, 0.25) is 17.5 Å². The normalized spacial score (nSPS) is 10.4. The second kappa shape index (κ2) is 8.79. The molecule has 1 aromatic heterocycles. The van der Waals surface area contributed by atoms with Crippen LogP contribution in [-0.4, -0.2) is 34.9 Å². The molecule has 0 aliphatic heterocycles. The molecule has 2 N–H and O–H groups in total. The fourth-order valence-electron chi connectivity index (χ4n) is 2.94. The van der Waals surface area contributed by atoms with Crippen molar-refractivity contribution in [2.24, 2.45) is 0 Å². The number of hydrazine groups is 1. The minimum absolute atomic E-state index is 0.0954. The number of nitrogens with one attached hydrogen (secondary N) is 2. The molecule has 0 atom stereocenters. The summed E-state index contributed by atoms with van der Waals surface area (Å²) in [5.41, 5.74) is 6.41. The molecule has 0 saturated carbocycles. The monoisotopic (exact) mass is 392 g/mol. The molecule has 148 valence electrons.